The molecule has 1 aromatic rings. The summed E-state index contributed by atoms with van der Waals surface area (Å²) in [6.45, 7) is 1.88. The first-order chi connectivity index (χ1) is 10.0. The minimum atomic E-state index is -0.395. The fourth-order valence-electron chi connectivity index (χ4n) is 2.68. The van der Waals surface area contributed by atoms with Gasteiger partial charge in [-0.3, -0.25) is 9.59 Å². The summed E-state index contributed by atoms with van der Waals surface area (Å²) < 4.78 is 4.71. The molecule has 0 unspecified atom stereocenters. The first kappa shape index (κ1) is 15.8. The number of amides is 1. The Morgan fingerprint density at radius 3 is 2.57 bits per heavy atom. The molecule has 1 amide bonds. The zero-order valence-corrected chi connectivity index (χ0v) is 13.2. The molecule has 0 heterocycles. The maximum Gasteiger partial charge on any atom is 0.325 e. The number of nitrogens with zero attached hydrogens (tertiary/aromatic N) is 1. The van der Waals surface area contributed by atoms with E-state index in [1.165, 1.54) is 7.11 Å². The number of hydrogen-bond donors (Lipinski definition) is 0. The van der Waals surface area contributed by atoms with Gasteiger partial charge in [-0.2, -0.15) is 0 Å². The standard InChI is InChI=1S/C16H20ClNO3/c1-11-7-8-12(9-14(11)17)16(20)18(10-15(19)21-2)13-5-3-4-6-13/h7-9,13H,3-6,10H2,1-2H3. The number of benzene rings is 1. The molecular formula is C16H20ClNO3. The van der Waals surface area contributed by atoms with E-state index in [2.05, 4.69) is 0 Å². The van der Waals surface area contributed by atoms with E-state index < -0.39 is 5.97 Å². The molecule has 2 rings (SSSR count). The van der Waals surface area contributed by atoms with Crippen LogP contribution in [0.1, 0.15) is 41.6 Å². The fraction of sp³-hybridized carbons (Fsp3) is 0.500. The number of aryl methyl sites for hydroxylation is 1. The molecule has 0 saturated heterocycles. The molecule has 4 nitrogen and oxygen atoms in total. The third-order valence-electron chi connectivity index (χ3n) is 3.97. The van der Waals surface area contributed by atoms with Gasteiger partial charge < -0.3 is 9.64 Å². The van der Waals surface area contributed by atoms with Gasteiger partial charge >= 0.3 is 5.97 Å². The number of hydrogen-bond acceptors (Lipinski definition) is 3. The maximum atomic E-state index is 12.7. The summed E-state index contributed by atoms with van der Waals surface area (Å²) in [6, 6.07) is 5.35. The van der Waals surface area contributed by atoms with Gasteiger partial charge in [0.25, 0.3) is 5.91 Å². The van der Waals surface area contributed by atoms with E-state index in [9.17, 15) is 9.59 Å². The Morgan fingerprint density at radius 2 is 2.00 bits per heavy atom. The van der Waals surface area contributed by atoms with E-state index in [1.807, 2.05) is 13.0 Å². The van der Waals surface area contributed by atoms with Crippen molar-refractivity contribution in [3.05, 3.63) is 34.3 Å². The predicted octanol–water partition coefficient (Wildman–Crippen LogP) is 3.21. The summed E-state index contributed by atoms with van der Waals surface area (Å²) in [5, 5.41) is 0.560. The van der Waals surface area contributed by atoms with E-state index >= 15 is 0 Å². The minimum Gasteiger partial charge on any atom is -0.468 e. The van der Waals surface area contributed by atoms with Crippen LogP contribution in [0.3, 0.4) is 0 Å². The normalized spacial score (nSPS) is 15.0. The molecule has 0 aromatic heterocycles. The summed E-state index contributed by atoms with van der Waals surface area (Å²) >= 11 is 6.09. The largest absolute Gasteiger partial charge is 0.468 e. The number of carbonyl (C=O) groups excluding carboxylic acids is 2. The summed E-state index contributed by atoms with van der Waals surface area (Å²) in [7, 11) is 1.34. The Hall–Kier alpha value is -1.55. The Bertz CT molecular complexity index is 538. The topological polar surface area (TPSA) is 46.6 Å². The van der Waals surface area contributed by atoms with Crippen molar-refractivity contribution in [3.63, 3.8) is 0 Å². The molecule has 1 fully saturated rings. The first-order valence-corrected chi connectivity index (χ1v) is 7.54. The van der Waals surface area contributed by atoms with Gasteiger partial charge in [0.15, 0.2) is 0 Å². The summed E-state index contributed by atoms with van der Waals surface area (Å²) in [5.74, 6) is -0.553. The van der Waals surface area contributed by atoms with Crippen LogP contribution in [0.5, 0.6) is 0 Å². The Labute approximate surface area is 130 Å². The molecule has 1 aliphatic carbocycles. The van der Waals surface area contributed by atoms with Gasteiger partial charge in [0.05, 0.1) is 7.11 Å². The summed E-state index contributed by atoms with van der Waals surface area (Å²) in [5.41, 5.74) is 1.44. The minimum absolute atomic E-state index is 0.00844. The van der Waals surface area contributed by atoms with Crippen molar-refractivity contribution in [1.29, 1.82) is 0 Å². The van der Waals surface area contributed by atoms with Crippen LogP contribution in [-0.4, -0.2) is 36.5 Å². The van der Waals surface area contributed by atoms with Crippen LogP contribution in [0, 0.1) is 6.92 Å². The Balaban J connectivity index is 2.23. The van der Waals surface area contributed by atoms with Gasteiger partial charge in [0.2, 0.25) is 0 Å². The zero-order chi connectivity index (χ0) is 15.4. The number of ether oxygens (including phenoxy) is 1. The average Bonchev–Trinajstić information content (AvgIpc) is 3.00. The second-order valence-electron chi connectivity index (χ2n) is 5.41. The van der Waals surface area contributed by atoms with E-state index in [1.54, 1.807) is 17.0 Å². The molecule has 1 aromatic carbocycles. The van der Waals surface area contributed by atoms with Gasteiger partial charge in [-0.1, -0.05) is 30.5 Å². The first-order valence-electron chi connectivity index (χ1n) is 7.17. The SMILES string of the molecule is COC(=O)CN(C(=O)c1ccc(C)c(Cl)c1)C1CCCC1. The molecule has 1 saturated carbocycles. The maximum absolute atomic E-state index is 12.7. The molecule has 0 aliphatic heterocycles. The molecule has 21 heavy (non-hydrogen) atoms. The molecule has 114 valence electrons. The third kappa shape index (κ3) is 3.76. The molecule has 5 heteroatoms. The highest BCUT2D eigenvalue weighted by molar-refractivity contribution is 6.31. The lowest BCUT2D eigenvalue weighted by Gasteiger charge is -2.28. The number of methoxy groups -OCH3 is 1. The lowest BCUT2D eigenvalue weighted by molar-refractivity contribution is -0.141. The van der Waals surface area contributed by atoms with Crippen molar-refractivity contribution in [1.82, 2.24) is 4.90 Å². The number of rotatable bonds is 4. The van der Waals surface area contributed by atoms with Crippen LogP contribution >= 0.6 is 11.6 Å². The van der Waals surface area contributed by atoms with Crippen molar-refractivity contribution >= 4 is 23.5 Å². The molecule has 0 N–H and O–H groups in total. The number of esters is 1. The average molecular weight is 310 g/mol. The van der Waals surface area contributed by atoms with Gasteiger partial charge in [-0.05, 0) is 37.5 Å². The van der Waals surface area contributed by atoms with Crippen LogP contribution in [-0.2, 0) is 9.53 Å². The molecule has 0 spiro atoms. The molecule has 0 radical (unpaired) electrons. The fourth-order valence-corrected chi connectivity index (χ4v) is 2.86. The van der Waals surface area contributed by atoms with Gasteiger partial charge in [-0.25, -0.2) is 0 Å². The van der Waals surface area contributed by atoms with Gasteiger partial charge in [0.1, 0.15) is 6.54 Å². The smallest absolute Gasteiger partial charge is 0.325 e. The lowest BCUT2D eigenvalue weighted by atomic mass is 10.1. The van der Waals surface area contributed by atoms with Crippen molar-refractivity contribution < 1.29 is 14.3 Å². The Kier molecular flexibility index (Phi) is 5.23. The van der Waals surface area contributed by atoms with Crippen molar-refractivity contribution in [2.24, 2.45) is 0 Å². The molecular weight excluding hydrogens is 290 g/mol. The molecule has 0 bridgehead atoms. The highest BCUT2D eigenvalue weighted by Gasteiger charge is 2.29. The van der Waals surface area contributed by atoms with Crippen LogP contribution in [0.25, 0.3) is 0 Å². The highest BCUT2D eigenvalue weighted by Crippen LogP contribution is 2.26. The van der Waals surface area contributed by atoms with Crippen molar-refractivity contribution in [2.75, 3.05) is 13.7 Å². The van der Waals surface area contributed by atoms with Crippen LogP contribution in [0.2, 0.25) is 5.02 Å². The quantitative estimate of drug-likeness (QED) is 0.802. The number of halogens is 1. The van der Waals surface area contributed by atoms with Crippen LogP contribution in [0.4, 0.5) is 0 Å². The lowest BCUT2D eigenvalue weighted by Crippen LogP contribution is -2.42. The van der Waals surface area contributed by atoms with Gasteiger partial charge in [-0.15, -0.1) is 0 Å². The number of carbonyl (C=O) groups is 2. The van der Waals surface area contributed by atoms with Crippen molar-refractivity contribution in [3.8, 4) is 0 Å². The second kappa shape index (κ2) is 6.94. The van der Waals surface area contributed by atoms with Crippen LogP contribution < -0.4 is 0 Å². The van der Waals surface area contributed by atoms with E-state index in [4.69, 9.17) is 16.3 Å². The van der Waals surface area contributed by atoms with E-state index in [0.717, 1.165) is 31.2 Å². The van der Waals surface area contributed by atoms with Gasteiger partial charge in [0, 0.05) is 16.6 Å². The summed E-state index contributed by atoms with van der Waals surface area (Å²) in [4.78, 5) is 25.9. The molecule has 1 aliphatic rings. The second-order valence-corrected chi connectivity index (χ2v) is 5.82. The highest BCUT2D eigenvalue weighted by atomic mass is 35.5. The van der Waals surface area contributed by atoms with Crippen molar-refractivity contribution in [2.45, 2.75) is 38.6 Å². The predicted molar refractivity (Wildman–Crippen MR) is 81.5 cm³/mol. The monoisotopic (exact) mass is 309 g/mol. The van der Waals surface area contributed by atoms with E-state index in [-0.39, 0.29) is 18.5 Å². The van der Waals surface area contributed by atoms with Crippen LogP contribution in [0.15, 0.2) is 18.2 Å². The third-order valence-corrected chi connectivity index (χ3v) is 4.38. The summed E-state index contributed by atoms with van der Waals surface area (Å²) in [6.07, 6.45) is 4.04. The Morgan fingerprint density at radius 1 is 1.33 bits per heavy atom. The van der Waals surface area contributed by atoms with E-state index in [0.29, 0.717) is 10.6 Å². The molecule has 0 atom stereocenters. The zero-order valence-electron chi connectivity index (χ0n) is 12.4.